The summed E-state index contributed by atoms with van der Waals surface area (Å²) in [6.07, 6.45) is 3.70. The van der Waals surface area contributed by atoms with Gasteiger partial charge in [-0.05, 0) is 30.7 Å². The van der Waals surface area contributed by atoms with E-state index in [1.165, 1.54) is 0 Å². The Morgan fingerprint density at radius 2 is 2.18 bits per heavy atom. The first-order valence-electron chi connectivity index (χ1n) is 5.24. The van der Waals surface area contributed by atoms with Crippen LogP contribution in [0.25, 0.3) is 12.2 Å². The van der Waals surface area contributed by atoms with Crippen LogP contribution in [0.1, 0.15) is 17.0 Å². The van der Waals surface area contributed by atoms with Crippen LogP contribution < -0.4 is 10.5 Å². The Hall–Kier alpha value is -2.23. The molecule has 0 saturated heterocycles. The molecule has 0 bridgehead atoms. The average molecular weight is 230 g/mol. The molecule has 0 saturated carbocycles. The predicted molar refractivity (Wildman–Crippen MR) is 67.6 cm³/mol. The standard InChI is InChI=1S/C13H14N2O2/c1-9-13(14)12(17-15-9)7-6-10-4-3-5-11(8-10)16-2/h3-8H,14H2,1-2H3/b7-6+. The van der Waals surface area contributed by atoms with Crippen LogP contribution in [0.15, 0.2) is 28.8 Å². The summed E-state index contributed by atoms with van der Waals surface area (Å²) < 4.78 is 10.2. The third-order valence-corrected chi connectivity index (χ3v) is 2.46. The first-order chi connectivity index (χ1) is 8.20. The Bertz CT molecular complexity index is 544. The van der Waals surface area contributed by atoms with Crippen LogP contribution in [0.5, 0.6) is 5.75 Å². The number of nitrogens with zero attached hydrogens (tertiary/aromatic N) is 1. The van der Waals surface area contributed by atoms with Crippen LogP contribution >= 0.6 is 0 Å². The molecule has 0 aliphatic heterocycles. The average Bonchev–Trinajstić information content (AvgIpc) is 2.68. The Kier molecular flexibility index (Phi) is 3.14. The molecule has 0 aliphatic carbocycles. The third kappa shape index (κ3) is 2.47. The zero-order valence-corrected chi connectivity index (χ0v) is 9.81. The fraction of sp³-hybridized carbons (Fsp3) is 0.154. The molecule has 0 fully saturated rings. The van der Waals surface area contributed by atoms with Gasteiger partial charge in [-0.15, -0.1) is 0 Å². The SMILES string of the molecule is COc1cccc(/C=C/c2onc(C)c2N)c1. The van der Waals surface area contributed by atoms with Crippen molar-refractivity contribution >= 4 is 17.8 Å². The molecule has 4 heteroatoms. The van der Waals surface area contributed by atoms with E-state index < -0.39 is 0 Å². The zero-order chi connectivity index (χ0) is 12.3. The monoisotopic (exact) mass is 230 g/mol. The van der Waals surface area contributed by atoms with Gasteiger partial charge in [0.15, 0.2) is 5.76 Å². The van der Waals surface area contributed by atoms with Crippen LogP contribution in [0, 0.1) is 6.92 Å². The highest BCUT2D eigenvalue weighted by atomic mass is 16.5. The van der Waals surface area contributed by atoms with Crippen molar-refractivity contribution in [2.24, 2.45) is 0 Å². The van der Waals surface area contributed by atoms with Crippen LogP contribution in [-0.2, 0) is 0 Å². The fourth-order valence-electron chi connectivity index (χ4n) is 1.43. The van der Waals surface area contributed by atoms with E-state index in [0.29, 0.717) is 17.1 Å². The molecule has 88 valence electrons. The van der Waals surface area contributed by atoms with Crippen molar-refractivity contribution in [1.82, 2.24) is 5.16 Å². The maximum atomic E-state index is 5.79. The fourth-order valence-corrected chi connectivity index (χ4v) is 1.43. The highest BCUT2D eigenvalue weighted by Gasteiger charge is 2.05. The number of hydrogen-bond acceptors (Lipinski definition) is 4. The van der Waals surface area contributed by atoms with E-state index in [2.05, 4.69) is 5.16 Å². The summed E-state index contributed by atoms with van der Waals surface area (Å²) in [4.78, 5) is 0. The Morgan fingerprint density at radius 3 is 2.82 bits per heavy atom. The summed E-state index contributed by atoms with van der Waals surface area (Å²) in [5.74, 6) is 1.39. The van der Waals surface area contributed by atoms with E-state index in [0.717, 1.165) is 11.3 Å². The number of benzene rings is 1. The second kappa shape index (κ2) is 4.74. The number of methoxy groups -OCH3 is 1. The zero-order valence-electron chi connectivity index (χ0n) is 9.81. The lowest BCUT2D eigenvalue weighted by atomic mass is 10.2. The van der Waals surface area contributed by atoms with Gasteiger partial charge in [-0.3, -0.25) is 0 Å². The summed E-state index contributed by atoms with van der Waals surface area (Å²) in [6.45, 7) is 1.81. The van der Waals surface area contributed by atoms with Gasteiger partial charge in [-0.2, -0.15) is 0 Å². The maximum absolute atomic E-state index is 5.79. The number of anilines is 1. The summed E-state index contributed by atoms with van der Waals surface area (Å²) >= 11 is 0. The van der Waals surface area contributed by atoms with Gasteiger partial charge in [0.2, 0.25) is 0 Å². The molecule has 0 radical (unpaired) electrons. The van der Waals surface area contributed by atoms with Crippen LogP contribution in [0.4, 0.5) is 5.69 Å². The van der Waals surface area contributed by atoms with Crippen molar-refractivity contribution in [1.29, 1.82) is 0 Å². The Morgan fingerprint density at radius 1 is 1.35 bits per heavy atom. The second-order valence-corrected chi connectivity index (χ2v) is 3.66. The topological polar surface area (TPSA) is 61.3 Å². The van der Waals surface area contributed by atoms with E-state index in [-0.39, 0.29) is 0 Å². The van der Waals surface area contributed by atoms with Crippen LogP contribution in [0.2, 0.25) is 0 Å². The minimum atomic E-state index is 0.573. The molecule has 2 aromatic rings. The minimum absolute atomic E-state index is 0.573. The first kappa shape index (κ1) is 11.3. The highest BCUT2D eigenvalue weighted by molar-refractivity contribution is 5.73. The summed E-state index contributed by atoms with van der Waals surface area (Å²) in [5, 5.41) is 3.79. The molecule has 0 unspecified atom stereocenters. The number of aryl methyl sites for hydroxylation is 1. The molecule has 0 aliphatic rings. The molecule has 2 N–H and O–H groups in total. The molecule has 0 atom stereocenters. The molecular weight excluding hydrogens is 216 g/mol. The van der Waals surface area contributed by atoms with E-state index in [4.69, 9.17) is 15.0 Å². The van der Waals surface area contributed by atoms with Gasteiger partial charge in [0, 0.05) is 0 Å². The Balaban J connectivity index is 2.22. The lowest BCUT2D eigenvalue weighted by Gasteiger charge is -1.99. The lowest BCUT2D eigenvalue weighted by molar-refractivity contribution is 0.408. The summed E-state index contributed by atoms with van der Waals surface area (Å²) in [5.41, 5.74) is 8.08. The van der Waals surface area contributed by atoms with E-state index in [1.54, 1.807) is 13.2 Å². The molecule has 2 rings (SSSR count). The lowest BCUT2D eigenvalue weighted by Crippen LogP contribution is -1.86. The van der Waals surface area contributed by atoms with Crippen molar-refractivity contribution in [2.75, 3.05) is 12.8 Å². The maximum Gasteiger partial charge on any atom is 0.182 e. The quantitative estimate of drug-likeness (QED) is 0.880. The van der Waals surface area contributed by atoms with Crippen molar-refractivity contribution < 1.29 is 9.26 Å². The second-order valence-electron chi connectivity index (χ2n) is 3.66. The van der Waals surface area contributed by atoms with Crippen LogP contribution in [-0.4, -0.2) is 12.3 Å². The first-order valence-corrected chi connectivity index (χ1v) is 5.24. The molecule has 1 heterocycles. The molecule has 4 nitrogen and oxygen atoms in total. The van der Waals surface area contributed by atoms with Gasteiger partial charge in [-0.25, -0.2) is 0 Å². The van der Waals surface area contributed by atoms with E-state index in [1.807, 2.05) is 37.3 Å². The minimum Gasteiger partial charge on any atom is -0.497 e. The van der Waals surface area contributed by atoms with Crippen molar-refractivity contribution in [2.45, 2.75) is 6.92 Å². The molecule has 17 heavy (non-hydrogen) atoms. The van der Waals surface area contributed by atoms with Gasteiger partial charge >= 0.3 is 0 Å². The largest absolute Gasteiger partial charge is 0.497 e. The number of rotatable bonds is 3. The summed E-state index contributed by atoms with van der Waals surface area (Å²) in [6, 6.07) is 7.71. The van der Waals surface area contributed by atoms with Crippen molar-refractivity contribution in [3.63, 3.8) is 0 Å². The number of nitrogens with two attached hydrogens (primary N) is 1. The highest BCUT2D eigenvalue weighted by Crippen LogP contribution is 2.19. The van der Waals surface area contributed by atoms with E-state index in [9.17, 15) is 0 Å². The van der Waals surface area contributed by atoms with Crippen molar-refractivity contribution in [3.8, 4) is 5.75 Å². The van der Waals surface area contributed by atoms with Gasteiger partial charge in [0.05, 0.1) is 7.11 Å². The molecule has 0 spiro atoms. The molecule has 1 aromatic carbocycles. The number of ether oxygens (including phenoxy) is 1. The third-order valence-electron chi connectivity index (χ3n) is 2.46. The number of aromatic nitrogens is 1. The van der Waals surface area contributed by atoms with Gasteiger partial charge < -0.3 is 15.0 Å². The van der Waals surface area contributed by atoms with E-state index >= 15 is 0 Å². The van der Waals surface area contributed by atoms with Gasteiger partial charge in [0.25, 0.3) is 0 Å². The molecule has 0 amide bonds. The number of nitrogen functional groups attached to an aromatic ring is 1. The van der Waals surface area contributed by atoms with Gasteiger partial charge in [-0.1, -0.05) is 23.4 Å². The molecular formula is C13H14N2O2. The normalized spacial score (nSPS) is 10.9. The van der Waals surface area contributed by atoms with Crippen LogP contribution in [0.3, 0.4) is 0 Å². The smallest absolute Gasteiger partial charge is 0.182 e. The predicted octanol–water partition coefficient (Wildman–Crippen LogP) is 2.74. The number of hydrogen-bond donors (Lipinski definition) is 1. The molecule has 1 aromatic heterocycles. The van der Waals surface area contributed by atoms with Crippen molar-refractivity contribution in [3.05, 3.63) is 41.3 Å². The van der Waals surface area contributed by atoms with Gasteiger partial charge in [0.1, 0.15) is 17.1 Å². The summed E-state index contributed by atoms with van der Waals surface area (Å²) in [7, 11) is 1.64. The Labute approximate surface area is 99.7 Å².